The third-order valence-corrected chi connectivity index (χ3v) is 4.28. The van der Waals surface area contributed by atoms with Crippen LogP contribution in [0, 0.1) is 0 Å². The van der Waals surface area contributed by atoms with Crippen molar-refractivity contribution in [1.29, 1.82) is 0 Å². The molecule has 0 aliphatic heterocycles. The van der Waals surface area contributed by atoms with Crippen molar-refractivity contribution in [1.82, 2.24) is 0 Å². The van der Waals surface area contributed by atoms with Crippen LogP contribution in [0.15, 0.2) is 30.3 Å². The number of anilines is 1. The number of carbonyl (C=O) groups excluding carboxylic acids is 2. The van der Waals surface area contributed by atoms with E-state index in [1.165, 1.54) is 12.1 Å². The standard InChI is InChI=1S/C20H21NO5/c1-2-9-26-10-5-8-21-14-11-15(22)16-17(20(14)25)19(24)13-7-4-3-6-12(13)18(16)23/h3-4,6-7,11,21-22,25H,2,5,8-10H2,1H3. The summed E-state index contributed by atoms with van der Waals surface area (Å²) in [5, 5.41) is 23.8. The third kappa shape index (κ3) is 3.15. The van der Waals surface area contributed by atoms with Gasteiger partial charge in [0.1, 0.15) is 5.75 Å². The van der Waals surface area contributed by atoms with E-state index in [2.05, 4.69) is 5.32 Å². The molecule has 0 unspecified atom stereocenters. The highest BCUT2D eigenvalue weighted by Crippen LogP contribution is 2.42. The average Bonchev–Trinajstić information content (AvgIpc) is 2.65. The second-order valence-electron chi connectivity index (χ2n) is 6.14. The minimum Gasteiger partial charge on any atom is -0.507 e. The zero-order chi connectivity index (χ0) is 18.7. The van der Waals surface area contributed by atoms with Crippen LogP contribution in [0.1, 0.15) is 51.6 Å². The molecule has 0 atom stereocenters. The number of fused-ring (bicyclic) bond motifs is 2. The number of benzene rings is 2. The topological polar surface area (TPSA) is 95.9 Å². The van der Waals surface area contributed by atoms with Gasteiger partial charge in [0.2, 0.25) is 0 Å². The molecule has 1 aliphatic carbocycles. The Labute approximate surface area is 151 Å². The molecule has 26 heavy (non-hydrogen) atoms. The Balaban J connectivity index is 1.87. The summed E-state index contributed by atoms with van der Waals surface area (Å²) in [6, 6.07) is 7.67. The van der Waals surface area contributed by atoms with Crippen LogP contribution in [0.25, 0.3) is 0 Å². The second kappa shape index (κ2) is 7.58. The fourth-order valence-electron chi connectivity index (χ4n) is 3.04. The molecule has 2 aromatic carbocycles. The van der Waals surface area contributed by atoms with E-state index in [1.807, 2.05) is 6.92 Å². The number of ether oxygens (including phenoxy) is 1. The van der Waals surface area contributed by atoms with Crippen LogP contribution in [-0.2, 0) is 4.74 Å². The van der Waals surface area contributed by atoms with Gasteiger partial charge in [-0.3, -0.25) is 9.59 Å². The Morgan fingerprint density at radius 2 is 1.65 bits per heavy atom. The normalized spacial score (nSPS) is 12.7. The summed E-state index contributed by atoms with van der Waals surface area (Å²) in [6.45, 7) is 3.79. The van der Waals surface area contributed by atoms with Gasteiger partial charge in [0.15, 0.2) is 17.3 Å². The highest BCUT2D eigenvalue weighted by molar-refractivity contribution is 6.30. The molecular formula is C20H21NO5. The number of hydrogen-bond donors (Lipinski definition) is 3. The molecule has 2 aromatic rings. The molecule has 0 spiro atoms. The van der Waals surface area contributed by atoms with E-state index in [9.17, 15) is 19.8 Å². The molecule has 0 saturated carbocycles. The highest BCUT2D eigenvalue weighted by Gasteiger charge is 2.35. The maximum atomic E-state index is 12.8. The van der Waals surface area contributed by atoms with E-state index >= 15 is 0 Å². The first-order valence-electron chi connectivity index (χ1n) is 8.65. The zero-order valence-electron chi connectivity index (χ0n) is 14.5. The van der Waals surface area contributed by atoms with Crippen molar-refractivity contribution in [2.75, 3.05) is 25.1 Å². The Hall–Kier alpha value is -2.86. The lowest BCUT2D eigenvalue weighted by Crippen LogP contribution is -2.21. The molecule has 0 radical (unpaired) electrons. The third-order valence-electron chi connectivity index (χ3n) is 4.28. The first-order chi connectivity index (χ1) is 12.6. The summed E-state index contributed by atoms with van der Waals surface area (Å²) >= 11 is 0. The largest absolute Gasteiger partial charge is 0.507 e. The maximum absolute atomic E-state index is 12.8. The van der Waals surface area contributed by atoms with Crippen molar-refractivity contribution in [2.45, 2.75) is 19.8 Å². The lowest BCUT2D eigenvalue weighted by Gasteiger charge is -2.21. The molecular weight excluding hydrogens is 334 g/mol. The van der Waals surface area contributed by atoms with E-state index in [0.717, 1.165) is 6.42 Å². The van der Waals surface area contributed by atoms with Crippen molar-refractivity contribution in [3.05, 3.63) is 52.6 Å². The summed E-state index contributed by atoms with van der Waals surface area (Å²) in [4.78, 5) is 25.4. The predicted octanol–water partition coefficient (Wildman–Crippen LogP) is 3.10. The van der Waals surface area contributed by atoms with Gasteiger partial charge >= 0.3 is 0 Å². The summed E-state index contributed by atoms with van der Waals surface area (Å²) in [5.41, 5.74) is 0.372. The maximum Gasteiger partial charge on any atom is 0.198 e. The number of aromatic hydroxyl groups is 2. The van der Waals surface area contributed by atoms with E-state index in [-0.39, 0.29) is 39.4 Å². The van der Waals surface area contributed by atoms with Gasteiger partial charge in [-0.15, -0.1) is 0 Å². The van der Waals surface area contributed by atoms with E-state index in [0.29, 0.717) is 26.2 Å². The van der Waals surface area contributed by atoms with Gasteiger partial charge in [0, 0.05) is 37.0 Å². The van der Waals surface area contributed by atoms with Crippen molar-refractivity contribution in [2.24, 2.45) is 0 Å². The van der Waals surface area contributed by atoms with Gasteiger partial charge in [-0.1, -0.05) is 31.2 Å². The van der Waals surface area contributed by atoms with Crippen LogP contribution >= 0.6 is 0 Å². The van der Waals surface area contributed by atoms with Crippen molar-refractivity contribution in [3.63, 3.8) is 0 Å². The Bertz CT molecular complexity index is 860. The van der Waals surface area contributed by atoms with E-state index in [1.54, 1.807) is 18.2 Å². The number of hydrogen-bond acceptors (Lipinski definition) is 6. The number of phenolic OH excluding ortho intramolecular Hbond substituents is 2. The van der Waals surface area contributed by atoms with E-state index in [4.69, 9.17) is 4.74 Å². The van der Waals surface area contributed by atoms with Gasteiger partial charge < -0.3 is 20.3 Å². The molecule has 3 N–H and O–H groups in total. The molecule has 0 heterocycles. The Kier molecular flexibility index (Phi) is 5.23. The van der Waals surface area contributed by atoms with Gasteiger partial charge in [0.25, 0.3) is 0 Å². The number of carbonyl (C=O) groups is 2. The van der Waals surface area contributed by atoms with Crippen molar-refractivity contribution < 1.29 is 24.5 Å². The summed E-state index contributed by atoms with van der Waals surface area (Å²) in [7, 11) is 0. The first kappa shape index (κ1) is 17.9. The van der Waals surface area contributed by atoms with Crippen LogP contribution in [0.5, 0.6) is 11.5 Å². The lowest BCUT2D eigenvalue weighted by molar-refractivity contribution is 0.0974. The number of nitrogens with one attached hydrogen (secondary N) is 1. The average molecular weight is 355 g/mol. The lowest BCUT2D eigenvalue weighted by atomic mass is 9.82. The van der Waals surface area contributed by atoms with Crippen molar-refractivity contribution >= 4 is 17.3 Å². The molecule has 0 bridgehead atoms. The summed E-state index contributed by atoms with van der Waals surface area (Å²) in [5.74, 6) is -1.59. The predicted molar refractivity (Wildman–Crippen MR) is 97.3 cm³/mol. The highest BCUT2D eigenvalue weighted by atomic mass is 16.5. The van der Waals surface area contributed by atoms with Gasteiger partial charge in [-0.05, 0) is 12.8 Å². The number of rotatable bonds is 7. The Morgan fingerprint density at radius 3 is 2.31 bits per heavy atom. The minimum absolute atomic E-state index is 0.150. The van der Waals surface area contributed by atoms with Gasteiger partial charge in [0.05, 0.1) is 16.8 Å². The molecule has 136 valence electrons. The number of ketones is 2. The number of phenols is 2. The molecule has 0 saturated heterocycles. The van der Waals surface area contributed by atoms with Crippen molar-refractivity contribution in [3.8, 4) is 11.5 Å². The zero-order valence-corrected chi connectivity index (χ0v) is 14.5. The molecule has 6 heteroatoms. The molecule has 6 nitrogen and oxygen atoms in total. The summed E-state index contributed by atoms with van der Waals surface area (Å²) < 4.78 is 5.38. The van der Waals surface area contributed by atoms with Crippen LogP contribution in [0.3, 0.4) is 0 Å². The fraction of sp³-hybridized carbons (Fsp3) is 0.300. The molecule has 0 aromatic heterocycles. The van der Waals surface area contributed by atoms with E-state index < -0.39 is 11.6 Å². The van der Waals surface area contributed by atoms with Crippen LogP contribution in [-0.4, -0.2) is 41.5 Å². The summed E-state index contributed by atoms with van der Waals surface area (Å²) in [6.07, 6.45) is 1.65. The molecule has 1 aliphatic rings. The first-order valence-corrected chi connectivity index (χ1v) is 8.65. The van der Waals surface area contributed by atoms with Gasteiger partial charge in [-0.25, -0.2) is 0 Å². The molecule has 3 rings (SSSR count). The monoisotopic (exact) mass is 355 g/mol. The van der Waals surface area contributed by atoms with Crippen LogP contribution < -0.4 is 5.32 Å². The van der Waals surface area contributed by atoms with Gasteiger partial charge in [-0.2, -0.15) is 0 Å². The molecule has 0 amide bonds. The SMILES string of the molecule is CCCOCCCNc1cc(O)c2c(c1O)C(=O)c1ccccc1C2=O. The second-order valence-corrected chi connectivity index (χ2v) is 6.14. The Morgan fingerprint density at radius 1 is 1.00 bits per heavy atom. The van der Waals surface area contributed by atoms with Crippen LogP contribution in [0.2, 0.25) is 0 Å². The van der Waals surface area contributed by atoms with Crippen LogP contribution in [0.4, 0.5) is 5.69 Å². The fourth-order valence-corrected chi connectivity index (χ4v) is 3.04. The smallest absolute Gasteiger partial charge is 0.198 e. The molecule has 0 fully saturated rings. The quantitative estimate of drug-likeness (QED) is 0.342. The minimum atomic E-state index is -0.474.